The molecule has 0 spiro atoms. The van der Waals surface area contributed by atoms with Gasteiger partial charge in [-0.1, -0.05) is 48.5 Å². The summed E-state index contributed by atoms with van der Waals surface area (Å²) in [6.45, 7) is 4.08. The van der Waals surface area contributed by atoms with E-state index in [9.17, 15) is 14.4 Å². The van der Waals surface area contributed by atoms with Crippen LogP contribution < -0.4 is 20.4 Å². The summed E-state index contributed by atoms with van der Waals surface area (Å²) < 4.78 is 0. The van der Waals surface area contributed by atoms with E-state index in [0.29, 0.717) is 17.9 Å². The number of para-hydroxylation sites is 2. The molecule has 10 heteroatoms. The molecular weight excluding hydrogens is 573 g/mol. The Morgan fingerprint density at radius 1 is 0.952 bits per heavy atom. The van der Waals surface area contributed by atoms with E-state index in [2.05, 4.69) is 39.9 Å². The second-order valence-electron chi connectivity index (χ2n) is 10.1. The lowest BCUT2D eigenvalue weighted by molar-refractivity contribution is -0.128. The van der Waals surface area contributed by atoms with E-state index >= 15 is 0 Å². The van der Waals surface area contributed by atoms with Gasteiger partial charge in [0.15, 0.2) is 0 Å². The van der Waals surface area contributed by atoms with Gasteiger partial charge in [0.05, 0.1) is 36.9 Å². The van der Waals surface area contributed by atoms with Crippen molar-refractivity contribution in [3.8, 4) is 0 Å². The Morgan fingerprint density at radius 3 is 2.33 bits per heavy atom. The van der Waals surface area contributed by atoms with Crippen molar-refractivity contribution in [2.75, 3.05) is 23.4 Å². The summed E-state index contributed by atoms with van der Waals surface area (Å²) in [6.07, 6.45) is 3.44. The second-order valence-corrected chi connectivity index (χ2v) is 10.1. The van der Waals surface area contributed by atoms with Gasteiger partial charge >= 0.3 is 0 Å². The van der Waals surface area contributed by atoms with Crippen molar-refractivity contribution < 1.29 is 14.4 Å². The van der Waals surface area contributed by atoms with Crippen molar-refractivity contribution in [2.24, 2.45) is 0 Å². The first kappa shape index (κ1) is 32.5. The highest BCUT2D eigenvalue weighted by atomic mass is 35.5. The molecule has 8 nitrogen and oxygen atoms in total. The van der Waals surface area contributed by atoms with Crippen LogP contribution in [0.4, 0.5) is 11.4 Å². The van der Waals surface area contributed by atoms with Crippen molar-refractivity contribution in [1.82, 2.24) is 15.6 Å². The number of amides is 3. The highest BCUT2D eigenvalue weighted by Gasteiger charge is 2.37. The largest absolute Gasteiger partial charge is 0.341 e. The topological polar surface area (TPSA) is 94.6 Å². The third kappa shape index (κ3) is 6.73. The minimum Gasteiger partial charge on any atom is -0.341 e. The monoisotopic (exact) mass is 607 g/mol. The van der Waals surface area contributed by atoms with E-state index in [1.165, 1.54) is 0 Å². The molecular formula is C32H35Cl2N5O3. The lowest BCUT2D eigenvalue weighted by Crippen LogP contribution is -2.55. The predicted molar refractivity (Wildman–Crippen MR) is 172 cm³/mol. The van der Waals surface area contributed by atoms with Crippen LogP contribution in [0.2, 0.25) is 0 Å². The third-order valence-corrected chi connectivity index (χ3v) is 7.53. The number of hydrogen-bond acceptors (Lipinski definition) is 5. The molecule has 1 aliphatic heterocycles. The van der Waals surface area contributed by atoms with Crippen molar-refractivity contribution >= 4 is 64.7 Å². The number of benzene rings is 3. The average molecular weight is 609 g/mol. The van der Waals surface area contributed by atoms with Crippen LogP contribution in [0.15, 0.2) is 85.2 Å². The summed E-state index contributed by atoms with van der Waals surface area (Å²) in [5.41, 5.74) is 4.16. The first-order valence-electron chi connectivity index (χ1n) is 13.4. The standard InChI is InChI=1S/C32H33N5O3.2ClH/c1-21-12-13-24-8-4-5-9-25(24)26(21)19-37-29-11-7-6-10-28(29)36(30(38)18-23-14-16-34-17-15-23)20-27(32(37)40)35-31(39)22(2)33-3;;/h4-17,22,27,33H,18-20H2,1-3H3,(H,35,39);2*1H/t22-,27-;;/m0../s1. The van der Waals surface area contributed by atoms with E-state index in [1.54, 1.807) is 48.3 Å². The van der Waals surface area contributed by atoms with Crippen molar-refractivity contribution in [3.05, 3.63) is 102 Å². The molecule has 42 heavy (non-hydrogen) atoms. The number of rotatable bonds is 7. The summed E-state index contributed by atoms with van der Waals surface area (Å²) in [6, 6.07) is 21.8. The highest BCUT2D eigenvalue weighted by molar-refractivity contribution is 6.08. The molecule has 1 aliphatic rings. The molecule has 0 unspecified atom stereocenters. The van der Waals surface area contributed by atoms with Gasteiger partial charge in [0.25, 0.3) is 5.91 Å². The molecule has 2 heterocycles. The van der Waals surface area contributed by atoms with Gasteiger partial charge in [-0.05, 0) is 72.6 Å². The van der Waals surface area contributed by atoms with Crippen molar-refractivity contribution in [1.29, 1.82) is 0 Å². The number of likely N-dealkylation sites (N-methyl/N-ethyl adjacent to an activating group) is 1. The average Bonchev–Trinajstić information content (AvgIpc) is 3.09. The fourth-order valence-electron chi connectivity index (χ4n) is 5.10. The Bertz CT molecular complexity index is 1570. The zero-order valence-electron chi connectivity index (χ0n) is 23.7. The summed E-state index contributed by atoms with van der Waals surface area (Å²) in [5, 5.41) is 7.98. The number of hydrogen-bond donors (Lipinski definition) is 2. The minimum absolute atomic E-state index is 0. The Kier molecular flexibility index (Phi) is 11.1. The Morgan fingerprint density at radius 2 is 1.62 bits per heavy atom. The third-order valence-electron chi connectivity index (χ3n) is 7.53. The molecule has 2 N–H and O–H groups in total. The highest BCUT2D eigenvalue weighted by Crippen LogP contribution is 2.36. The molecule has 0 radical (unpaired) electrons. The number of carbonyl (C=O) groups is 3. The molecule has 0 aliphatic carbocycles. The lowest BCUT2D eigenvalue weighted by atomic mass is 9.99. The number of fused-ring (bicyclic) bond motifs is 2. The number of aryl methyl sites for hydroxylation is 1. The zero-order chi connectivity index (χ0) is 28.2. The number of aromatic nitrogens is 1. The zero-order valence-corrected chi connectivity index (χ0v) is 25.4. The second kappa shape index (κ2) is 14.3. The van der Waals surface area contributed by atoms with Crippen LogP contribution in [0.3, 0.4) is 0 Å². The van der Waals surface area contributed by atoms with E-state index in [0.717, 1.165) is 27.5 Å². The van der Waals surface area contributed by atoms with Gasteiger partial charge in [0, 0.05) is 12.4 Å². The van der Waals surface area contributed by atoms with Crippen molar-refractivity contribution in [3.63, 3.8) is 0 Å². The summed E-state index contributed by atoms with van der Waals surface area (Å²) in [7, 11) is 1.69. The number of nitrogens with one attached hydrogen (secondary N) is 2. The summed E-state index contributed by atoms with van der Waals surface area (Å²) >= 11 is 0. The van der Waals surface area contributed by atoms with Gasteiger partial charge in [-0.15, -0.1) is 24.8 Å². The quantitative estimate of drug-likeness (QED) is 0.320. The molecule has 0 saturated carbocycles. The number of anilines is 2. The Hall–Kier alpha value is -3.98. The van der Waals surface area contributed by atoms with Gasteiger partial charge in [0.1, 0.15) is 6.04 Å². The molecule has 3 aromatic carbocycles. The molecule has 3 amide bonds. The molecule has 1 aromatic heterocycles. The first-order valence-corrected chi connectivity index (χ1v) is 13.4. The number of pyridine rings is 1. The molecule has 4 aromatic rings. The smallest absolute Gasteiger partial charge is 0.251 e. The van der Waals surface area contributed by atoms with Crippen LogP contribution in [-0.4, -0.2) is 48.4 Å². The Balaban J connectivity index is 0.00000242. The number of carbonyl (C=O) groups excluding carboxylic acids is 3. The van der Waals surface area contributed by atoms with E-state index < -0.39 is 12.1 Å². The van der Waals surface area contributed by atoms with Crippen molar-refractivity contribution in [2.45, 2.75) is 38.9 Å². The van der Waals surface area contributed by atoms with E-state index in [-0.39, 0.29) is 55.5 Å². The first-order chi connectivity index (χ1) is 19.4. The fourth-order valence-corrected chi connectivity index (χ4v) is 5.10. The molecule has 0 fully saturated rings. The fraction of sp³-hybridized carbons (Fsp3) is 0.250. The van der Waals surface area contributed by atoms with E-state index in [4.69, 9.17) is 0 Å². The molecule has 220 valence electrons. The van der Waals surface area contributed by atoms with Gasteiger partial charge in [-0.2, -0.15) is 0 Å². The molecule has 5 rings (SSSR count). The maximum Gasteiger partial charge on any atom is 0.251 e. The predicted octanol–water partition coefficient (Wildman–Crippen LogP) is 4.60. The van der Waals surface area contributed by atoms with Crippen LogP contribution >= 0.6 is 24.8 Å². The van der Waals surface area contributed by atoms with Gasteiger partial charge in [0.2, 0.25) is 11.8 Å². The molecule has 0 saturated heterocycles. The summed E-state index contributed by atoms with van der Waals surface area (Å²) in [5.74, 6) is -0.749. The van der Waals surface area contributed by atoms with Gasteiger partial charge < -0.3 is 20.4 Å². The van der Waals surface area contributed by atoms with E-state index in [1.807, 2.05) is 43.3 Å². The molecule has 0 bridgehead atoms. The van der Waals surface area contributed by atoms with Crippen LogP contribution in [0, 0.1) is 6.92 Å². The van der Waals surface area contributed by atoms with Crippen LogP contribution in [0.25, 0.3) is 10.8 Å². The van der Waals surface area contributed by atoms with Crippen LogP contribution in [0.1, 0.15) is 23.6 Å². The van der Waals surface area contributed by atoms with Gasteiger partial charge in [-0.25, -0.2) is 0 Å². The minimum atomic E-state index is -0.938. The number of halogens is 2. The maximum atomic E-state index is 14.3. The summed E-state index contributed by atoms with van der Waals surface area (Å²) in [4.78, 5) is 48.4. The lowest BCUT2D eigenvalue weighted by Gasteiger charge is -2.27. The van der Waals surface area contributed by atoms with Gasteiger partial charge in [-0.3, -0.25) is 19.4 Å². The SMILES string of the molecule is CN[C@@H](C)C(=O)N[C@H]1CN(C(=O)Cc2ccncc2)c2ccccc2N(Cc2c(C)ccc3ccccc23)C1=O.Cl.Cl. The van der Waals surface area contributed by atoms with Crippen LogP contribution in [0.5, 0.6) is 0 Å². The Labute approximate surface area is 258 Å². The van der Waals surface area contributed by atoms with Crippen LogP contribution in [-0.2, 0) is 27.3 Å². The number of nitrogens with zero attached hydrogens (tertiary/aromatic N) is 3. The normalized spacial score (nSPS) is 15.1. The maximum absolute atomic E-state index is 14.3. The molecule has 2 atom stereocenters.